The van der Waals surface area contributed by atoms with Gasteiger partial charge in [-0.2, -0.15) is 0 Å². The van der Waals surface area contributed by atoms with E-state index in [0.717, 1.165) is 22.6 Å². The quantitative estimate of drug-likeness (QED) is 0.620. The van der Waals surface area contributed by atoms with Crippen molar-refractivity contribution in [1.29, 1.82) is 0 Å². The lowest BCUT2D eigenvalue weighted by Gasteiger charge is -2.07. The Morgan fingerprint density at radius 3 is 2.72 bits per heavy atom. The van der Waals surface area contributed by atoms with Gasteiger partial charge < -0.3 is 15.3 Å². The Morgan fingerprint density at radius 1 is 1.28 bits per heavy atom. The number of H-pyrrole nitrogens is 2. The molecule has 0 spiro atoms. The highest BCUT2D eigenvalue weighted by Crippen LogP contribution is 2.23. The van der Waals surface area contributed by atoms with Gasteiger partial charge in [-0.25, -0.2) is 4.98 Å². The summed E-state index contributed by atoms with van der Waals surface area (Å²) in [6, 6.07) is 7.44. The lowest BCUT2D eigenvalue weighted by Crippen LogP contribution is -2.14. The molecule has 0 fully saturated rings. The van der Waals surface area contributed by atoms with Gasteiger partial charge in [0.05, 0.1) is 0 Å². The van der Waals surface area contributed by atoms with E-state index in [2.05, 4.69) is 20.3 Å². The van der Waals surface area contributed by atoms with Crippen LogP contribution in [0.25, 0.3) is 11.4 Å². The standard InChI is InChI=1S/C19H20N4O2/c1-4-15-16(12(3)24)11(2)22-17(15)19(25)23-14-7-5-6-13(10-14)18-20-8-9-21-18/h5-10,22H,4H2,1-3H3,(H,20,21)(H,23,25). The Kier molecular flexibility index (Phi) is 4.52. The third kappa shape index (κ3) is 3.24. The highest BCUT2D eigenvalue weighted by molar-refractivity contribution is 6.07. The Balaban J connectivity index is 1.90. The molecule has 128 valence electrons. The van der Waals surface area contributed by atoms with Crippen LogP contribution in [0.2, 0.25) is 0 Å². The van der Waals surface area contributed by atoms with E-state index >= 15 is 0 Å². The summed E-state index contributed by atoms with van der Waals surface area (Å²) < 4.78 is 0. The summed E-state index contributed by atoms with van der Waals surface area (Å²) in [6.45, 7) is 5.26. The van der Waals surface area contributed by atoms with E-state index in [4.69, 9.17) is 0 Å². The molecule has 3 rings (SSSR count). The average Bonchev–Trinajstić information content (AvgIpc) is 3.22. The number of rotatable bonds is 5. The van der Waals surface area contributed by atoms with E-state index < -0.39 is 0 Å². The van der Waals surface area contributed by atoms with Crippen LogP contribution in [0.5, 0.6) is 0 Å². The first-order valence-corrected chi connectivity index (χ1v) is 8.14. The minimum absolute atomic E-state index is 0.0375. The van der Waals surface area contributed by atoms with Crippen molar-refractivity contribution in [2.75, 3.05) is 5.32 Å². The van der Waals surface area contributed by atoms with Gasteiger partial charge in [-0.15, -0.1) is 0 Å². The predicted molar refractivity (Wildman–Crippen MR) is 96.9 cm³/mol. The molecule has 1 amide bonds. The van der Waals surface area contributed by atoms with Gasteiger partial charge in [-0.05, 0) is 38.0 Å². The topological polar surface area (TPSA) is 90.6 Å². The molecule has 3 N–H and O–H groups in total. The second-order valence-electron chi connectivity index (χ2n) is 5.86. The van der Waals surface area contributed by atoms with Gasteiger partial charge in [0.1, 0.15) is 11.5 Å². The number of nitrogens with zero attached hydrogens (tertiary/aromatic N) is 1. The molecule has 0 aliphatic carbocycles. The van der Waals surface area contributed by atoms with Gasteiger partial charge in [0, 0.05) is 34.9 Å². The zero-order valence-corrected chi connectivity index (χ0v) is 14.4. The highest BCUT2D eigenvalue weighted by atomic mass is 16.2. The highest BCUT2D eigenvalue weighted by Gasteiger charge is 2.21. The zero-order valence-electron chi connectivity index (χ0n) is 14.4. The number of amides is 1. The molecular formula is C19H20N4O2. The number of aromatic amines is 2. The Morgan fingerprint density at radius 2 is 2.08 bits per heavy atom. The molecule has 0 aliphatic rings. The van der Waals surface area contributed by atoms with Crippen LogP contribution in [0.4, 0.5) is 5.69 Å². The monoisotopic (exact) mass is 336 g/mol. The third-order valence-corrected chi connectivity index (χ3v) is 4.12. The van der Waals surface area contributed by atoms with Crippen molar-refractivity contribution in [3.63, 3.8) is 0 Å². The summed E-state index contributed by atoms with van der Waals surface area (Å²) in [5.41, 5.74) is 4.07. The number of benzene rings is 1. The fourth-order valence-corrected chi connectivity index (χ4v) is 3.06. The van der Waals surface area contributed by atoms with E-state index in [-0.39, 0.29) is 11.7 Å². The molecule has 0 radical (unpaired) electrons. The molecule has 0 aliphatic heterocycles. The van der Waals surface area contributed by atoms with Gasteiger partial charge in [-0.3, -0.25) is 9.59 Å². The molecule has 0 saturated carbocycles. The van der Waals surface area contributed by atoms with Crippen molar-refractivity contribution >= 4 is 17.4 Å². The molecule has 6 heteroatoms. The van der Waals surface area contributed by atoms with Crippen molar-refractivity contribution in [3.8, 4) is 11.4 Å². The minimum atomic E-state index is -0.260. The number of anilines is 1. The van der Waals surface area contributed by atoms with Gasteiger partial charge in [0.2, 0.25) is 0 Å². The molecule has 0 saturated heterocycles. The van der Waals surface area contributed by atoms with Crippen molar-refractivity contribution < 1.29 is 9.59 Å². The molecule has 2 heterocycles. The van der Waals surface area contributed by atoms with E-state index in [1.807, 2.05) is 38.1 Å². The number of carbonyl (C=O) groups is 2. The number of ketones is 1. The van der Waals surface area contributed by atoms with Crippen molar-refractivity contribution in [1.82, 2.24) is 15.0 Å². The molecule has 0 unspecified atom stereocenters. The molecule has 6 nitrogen and oxygen atoms in total. The maximum Gasteiger partial charge on any atom is 0.272 e. The van der Waals surface area contributed by atoms with Crippen LogP contribution in [0.15, 0.2) is 36.7 Å². The smallest absolute Gasteiger partial charge is 0.272 e. The number of carbonyl (C=O) groups excluding carboxylic acids is 2. The zero-order chi connectivity index (χ0) is 18.0. The Labute approximate surface area is 145 Å². The van der Waals surface area contributed by atoms with Crippen LogP contribution in [0, 0.1) is 6.92 Å². The summed E-state index contributed by atoms with van der Waals surface area (Å²) >= 11 is 0. The summed E-state index contributed by atoms with van der Waals surface area (Å²) in [5.74, 6) is 0.438. The second kappa shape index (κ2) is 6.76. The van der Waals surface area contributed by atoms with Crippen LogP contribution in [0.3, 0.4) is 0 Å². The first kappa shape index (κ1) is 16.7. The number of hydrogen-bond acceptors (Lipinski definition) is 3. The number of nitrogens with one attached hydrogen (secondary N) is 3. The van der Waals surface area contributed by atoms with Crippen LogP contribution in [0.1, 0.15) is 46.0 Å². The molecule has 0 atom stereocenters. The fourth-order valence-electron chi connectivity index (χ4n) is 3.06. The maximum atomic E-state index is 12.7. The van der Waals surface area contributed by atoms with Crippen LogP contribution >= 0.6 is 0 Å². The van der Waals surface area contributed by atoms with Crippen molar-refractivity contribution in [2.45, 2.75) is 27.2 Å². The lowest BCUT2D eigenvalue weighted by molar-refractivity contribution is 0.101. The largest absolute Gasteiger partial charge is 0.354 e. The van der Waals surface area contributed by atoms with E-state index in [1.165, 1.54) is 6.92 Å². The third-order valence-electron chi connectivity index (χ3n) is 4.12. The van der Waals surface area contributed by atoms with Gasteiger partial charge in [-0.1, -0.05) is 19.1 Å². The Hall–Kier alpha value is -3.15. The van der Waals surface area contributed by atoms with E-state index in [1.54, 1.807) is 12.4 Å². The first-order chi connectivity index (χ1) is 12.0. The van der Waals surface area contributed by atoms with Crippen molar-refractivity contribution in [2.24, 2.45) is 0 Å². The van der Waals surface area contributed by atoms with Crippen LogP contribution in [-0.4, -0.2) is 26.6 Å². The first-order valence-electron chi connectivity index (χ1n) is 8.14. The van der Waals surface area contributed by atoms with Gasteiger partial charge in [0.25, 0.3) is 5.91 Å². The predicted octanol–water partition coefficient (Wildman–Crippen LogP) is 3.73. The maximum absolute atomic E-state index is 12.7. The van der Waals surface area contributed by atoms with Gasteiger partial charge in [0.15, 0.2) is 5.78 Å². The normalized spacial score (nSPS) is 10.7. The number of hydrogen-bond donors (Lipinski definition) is 3. The fraction of sp³-hybridized carbons (Fsp3) is 0.211. The summed E-state index contributed by atoms with van der Waals surface area (Å²) in [4.78, 5) is 34.9. The molecule has 3 aromatic rings. The summed E-state index contributed by atoms with van der Waals surface area (Å²) in [5, 5.41) is 2.89. The number of aromatic nitrogens is 3. The number of Topliss-reactive ketones (excluding diaryl/α,β-unsaturated/α-hetero) is 1. The molecule has 2 aromatic heterocycles. The van der Waals surface area contributed by atoms with Crippen LogP contribution < -0.4 is 5.32 Å². The molecule has 25 heavy (non-hydrogen) atoms. The van der Waals surface area contributed by atoms with E-state index in [0.29, 0.717) is 23.4 Å². The average molecular weight is 336 g/mol. The molecular weight excluding hydrogens is 316 g/mol. The van der Waals surface area contributed by atoms with Crippen molar-refractivity contribution in [3.05, 3.63) is 59.2 Å². The van der Waals surface area contributed by atoms with E-state index in [9.17, 15) is 9.59 Å². The van der Waals surface area contributed by atoms with Crippen LogP contribution in [-0.2, 0) is 6.42 Å². The summed E-state index contributed by atoms with van der Waals surface area (Å²) in [7, 11) is 0. The Bertz CT molecular complexity index is 923. The second-order valence-corrected chi connectivity index (χ2v) is 5.86. The lowest BCUT2D eigenvalue weighted by atomic mass is 10.0. The molecule has 1 aromatic carbocycles. The minimum Gasteiger partial charge on any atom is -0.354 e. The SMILES string of the molecule is CCc1c(C(=O)Nc2cccc(-c3ncc[nH]3)c2)[nH]c(C)c1C(C)=O. The summed E-state index contributed by atoms with van der Waals surface area (Å²) in [6.07, 6.45) is 4.03. The number of aryl methyl sites for hydroxylation is 1. The van der Waals surface area contributed by atoms with Gasteiger partial charge >= 0.3 is 0 Å². The molecule has 0 bridgehead atoms. The number of imidazole rings is 1.